The van der Waals surface area contributed by atoms with Crippen molar-refractivity contribution >= 4 is 23.1 Å². The molecule has 23 heavy (non-hydrogen) atoms. The van der Waals surface area contributed by atoms with E-state index in [9.17, 15) is 19.1 Å². The lowest BCUT2D eigenvalue weighted by atomic mass is 10.1. The number of nitrogens with one attached hydrogen (secondary N) is 1. The van der Waals surface area contributed by atoms with E-state index < -0.39 is 23.3 Å². The molecule has 1 amide bonds. The van der Waals surface area contributed by atoms with Crippen LogP contribution in [0.5, 0.6) is 5.75 Å². The number of ether oxygens (including phenoxy) is 1. The normalized spacial score (nSPS) is 11.0. The highest BCUT2D eigenvalue weighted by Gasteiger charge is 2.15. The van der Waals surface area contributed by atoms with E-state index in [1.165, 1.54) is 31.4 Å². The Morgan fingerprint density at radius 1 is 1.17 bits per heavy atom. The number of hydrogen-bond donors (Lipinski definition) is 2. The van der Waals surface area contributed by atoms with Crippen molar-refractivity contribution in [2.75, 3.05) is 12.4 Å². The van der Waals surface area contributed by atoms with E-state index in [-0.39, 0.29) is 5.69 Å². The molecule has 0 aromatic heterocycles. The van der Waals surface area contributed by atoms with Crippen LogP contribution in [-0.2, 0) is 9.59 Å². The van der Waals surface area contributed by atoms with Crippen LogP contribution in [0.15, 0.2) is 54.6 Å². The number of halogens is 1. The molecule has 0 atom stereocenters. The van der Waals surface area contributed by atoms with Crippen LogP contribution in [0, 0.1) is 5.82 Å². The van der Waals surface area contributed by atoms with E-state index in [1.807, 2.05) is 0 Å². The predicted molar refractivity (Wildman–Crippen MR) is 83.6 cm³/mol. The highest BCUT2D eigenvalue weighted by Crippen LogP contribution is 2.18. The molecule has 0 radical (unpaired) electrons. The maximum atomic E-state index is 13.4. The minimum absolute atomic E-state index is 0.111. The molecule has 0 spiro atoms. The van der Waals surface area contributed by atoms with Gasteiger partial charge < -0.3 is 15.2 Å². The summed E-state index contributed by atoms with van der Waals surface area (Å²) in [6, 6.07) is 11.8. The second-order valence-electron chi connectivity index (χ2n) is 4.56. The molecule has 118 valence electrons. The van der Waals surface area contributed by atoms with Crippen molar-refractivity contribution in [2.24, 2.45) is 0 Å². The molecule has 0 aliphatic rings. The summed E-state index contributed by atoms with van der Waals surface area (Å²) in [4.78, 5) is 23.5. The van der Waals surface area contributed by atoms with Crippen LogP contribution in [0.25, 0.3) is 5.76 Å². The summed E-state index contributed by atoms with van der Waals surface area (Å²) in [5, 5.41) is 12.1. The Morgan fingerprint density at radius 2 is 1.91 bits per heavy atom. The fraction of sp³-hybridized carbons (Fsp3) is 0.0588. The zero-order chi connectivity index (χ0) is 16.8. The van der Waals surface area contributed by atoms with Gasteiger partial charge >= 0.3 is 0 Å². The Balaban J connectivity index is 2.13. The molecule has 2 rings (SSSR count). The van der Waals surface area contributed by atoms with Crippen molar-refractivity contribution in [2.45, 2.75) is 0 Å². The van der Waals surface area contributed by atoms with Gasteiger partial charge in [-0.05, 0) is 24.3 Å². The van der Waals surface area contributed by atoms with E-state index in [4.69, 9.17) is 4.74 Å². The molecule has 2 aromatic rings. The Morgan fingerprint density at radius 3 is 2.61 bits per heavy atom. The lowest BCUT2D eigenvalue weighted by Gasteiger charge is -2.05. The van der Waals surface area contributed by atoms with Crippen LogP contribution in [0.4, 0.5) is 10.1 Å². The Kier molecular flexibility index (Phi) is 5.09. The number of amides is 1. The number of carbonyl (C=O) groups is 2. The highest BCUT2D eigenvalue weighted by molar-refractivity contribution is 6.45. The molecule has 0 heterocycles. The van der Waals surface area contributed by atoms with Crippen LogP contribution < -0.4 is 10.1 Å². The van der Waals surface area contributed by atoms with E-state index in [2.05, 4.69) is 5.32 Å². The van der Waals surface area contributed by atoms with Gasteiger partial charge in [-0.15, -0.1) is 0 Å². The summed E-state index contributed by atoms with van der Waals surface area (Å²) < 4.78 is 18.4. The molecule has 0 aliphatic carbocycles. The molecule has 5 nitrogen and oxygen atoms in total. The topological polar surface area (TPSA) is 75.6 Å². The van der Waals surface area contributed by atoms with Gasteiger partial charge in [-0.1, -0.05) is 24.3 Å². The van der Waals surface area contributed by atoms with Crippen LogP contribution in [-0.4, -0.2) is 23.9 Å². The van der Waals surface area contributed by atoms with Crippen molar-refractivity contribution in [3.8, 4) is 5.75 Å². The summed E-state index contributed by atoms with van der Waals surface area (Å²) >= 11 is 0. The number of methoxy groups -OCH3 is 1. The number of ketones is 1. The third kappa shape index (κ3) is 4.16. The van der Waals surface area contributed by atoms with Gasteiger partial charge in [-0.25, -0.2) is 4.39 Å². The lowest BCUT2D eigenvalue weighted by Crippen LogP contribution is -2.21. The molecule has 2 N–H and O–H groups in total. The lowest BCUT2D eigenvalue weighted by molar-refractivity contribution is -0.132. The molecule has 0 saturated carbocycles. The van der Waals surface area contributed by atoms with Crippen molar-refractivity contribution in [1.82, 2.24) is 0 Å². The van der Waals surface area contributed by atoms with Gasteiger partial charge in [0.25, 0.3) is 5.91 Å². The number of para-hydroxylation sites is 1. The van der Waals surface area contributed by atoms with Gasteiger partial charge in [0.05, 0.1) is 12.8 Å². The van der Waals surface area contributed by atoms with Crippen LogP contribution in [0.1, 0.15) is 5.56 Å². The number of carbonyl (C=O) groups excluding carboxylic acids is 2. The van der Waals surface area contributed by atoms with E-state index in [0.717, 1.165) is 12.1 Å². The van der Waals surface area contributed by atoms with Gasteiger partial charge in [-0.3, -0.25) is 9.59 Å². The molecule has 6 heteroatoms. The minimum Gasteiger partial charge on any atom is -0.507 e. The minimum atomic E-state index is -1.05. The van der Waals surface area contributed by atoms with Gasteiger partial charge in [-0.2, -0.15) is 0 Å². The number of benzene rings is 2. The monoisotopic (exact) mass is 315 g/mol. The number of hydrogen-bond acceptors (Lipinski definition) is 4. The average Bonchev–Trinajstić information content (AvgIpc) is 2.56. The van der Waals surface area contributed by atoms with Gasteiger partial charge in [0, 0.05) is 11.6 Å². The fourth-order valence-electron chi connectivity index (χ4n) is 1.80. The van der Waals surface area contributed by atoms with Crippen molar-refractivity contribution in [1.29, 1.82) is 0 Å². The summed E-state index contributed by atoms with van der Waals surface area (Å²) in [5.74, 6) is -2.61. The smallest absolute Gasteiger partial charge is 0.296 e. The fourth-order valence-corrected chi connectivity index (χ4v) is 1.80. The van der Waals surface area contributed by atoms with Crippen LogP contribution >= 0.6 is 0 Å². The van der Waals surface area contributed by atoms with Crippen molar-refractivity contribution < 1.29 is 23.8 Å². The van der Waals surface area contributed by atoms with E-state index in [1.54, 1.807) is 18.2 Å². The number of aliphatic hydroxyl groups excluding tert-OH is 1. The maximum Gasteiger partial charge on any atom is 0.296 e. The standard InChI is InChI=1S/C17H14FNO4/c1-23-12-6-4-5-11(9-12)15(20)10-16(21)17(22)19-14-8-3-2-7-13(14)18/h2-10,20H,1H3,(H,19,22)/b15-10-. The summed E-state index contributed by atoms with van der Waals surface area (Å²) in [6.07, 6.45) is 0.769. The van der Waals surface area contributed by atoms with Gasteiger partial charge in [0.1, 0.15) is 17.3 Å². The number of anilines is 1. The molecule has 0 fully saturated rings. The first kappa shape index (κ1) is 16.2. The average molecular weight is 315 g/mol. The Hall–Kier alpha value is -3.15. The van der Waals surface area contributed by atoms with Crippen molar-refractivity contribution in [3.63, 3.8) is 0 Å². The largest absolute Gasteiger partial charge is 0.507 e. The van der Waals surface area contributed by atoms with Crippen LogP contribution in [0.2, 0.25) is 0 Å². The SMILES string of the molecule is COc1cccc(/C(O)=C/C(=O)C(=O)Nc2ccccc2F)c1. The first-order valence-electron chi connectivity index (χ1n) is 6.66. The molecule has 0 bridgehead atoms. The molecule has 0 unspecified atom stereocenters. The first-order valence-corrected chi connectivity index (χ1v) is 6.66. The molecule has 0 saturated heterocycles. The molecular formula is C17H14FNO4. The zero-order valence-corrected chi connectivity index (χ0v) is 12.2. The maximum absolute atomic E-state index is 13.4. The number of rotatable bonds is 5. The molecule has 2 aromatic carbocycles. The van der Waals surface area contributed by atoms with E-state index in [0.29, 0.717) is 11.3 Å². The third-order valence-electron chi connectivity index (χ3n) is 2.98. The highest BCUT2D eigenvalue weighted by atomic mass is 19.1. The number of aliphatic hydroxyl groups is 1. The van der Waals surface area contributed by atoms with Crippen molar-refractivity contribution in [3.05, 3.63) is 66.0 Å². The third-order valence-corrected chi connectivity index (χ3v) is 2.98. The predicted octanol–water partition coefficient (Wildman–Crippen LogP) is 2.94. The van der Waals surface area contributed by atoms with Gasteiger partial charge in [0.2, 0.25) is 5.78 Å². The Bertz CT molecular complexity index is 771. The first-order chi connectivity index (χ1) is 11.0. The Labute approximate surface area is 132 Å². The summed E-state index contributed by atoms with van der Waals surface area (Å²) in [7, 11) is 1.47. The van der Waals surface area contributed by atoms with Gasteiger partial charge in [0.15, 0.2) is 0 Å². The molecule has 0 aliphatic heterocycles. The quantitative estimate of drug-likeness (QED) is 0.505. The second-order valence-corrected chi connectivity index (χ2v) is 4.56. The zero-order valence-electron chi connectivity index (χ0n) is 12.2. The summed E-state index contributed by atoms with van der Waals surface area (Å²) in [5.41, 5.74) is 0.205. The second kappa shape index (κ2) is 7.22. The van der Waals surface area contributed by atoms with Crippen LogP contribution in [0.3, 0.4) is 0 Å². The molecular weight excluding hydrogens is 301 g/mol. The van der Waals surface area contributed by atoms with E-state index >= 15 is 0 Å². The summed E-state index contributed by atoms with van der Waals surface area (Å²) in [6.45, 7) is 0.